The first-order valence-electron chi connectivity index (χ1n) is 4.93. The van der Waals surface area contributed by atoms with E-state index in [0.29, 0.717) is 0 Å². The molecule has 0 radical (unpaired) electrons. The highest BCUT2D eigenvalue weighted by Gasteiger charge is 2.16. The second-order valence-corrected chi connectivity index (χ2v) is 8.85. The molecule has 0 bridgehead atoms. The molecule has 0 heterocycles. The Morgan fingerprint density at radius 3 is 2.53 bits per heavy atom. The zero-order valence-electron chi connectivity index (χ0n) is 9.63. The van der Waals surface area contributed by atoms with Gasteiger partial charge in [-0.2, -0.15) is 0 Å². The lowest BCUT2D eigenvalue weighted by Gasteiger charge is -2.19. The number of hydrogen-bond donors (Lipinski definition) is 1. The van der Waals surface area contributed by atoms with Gasteiger partial charge < -0.3 is 9.74 Å². The summed E-state index contributed by atoms with van der Waals surface area (Å²) in [5, 5.41) is 2.73. The van der Waals surface area contributed by atoms with Gasteiger partial charge >= 0.3 is 0 Å². The SMILES string of the molecule is CC(=O)Nc1cccc(O[Si](C)(C)C)c1. The van der Waals surface area contributed by atoms with E-state index in [1.165, 1.54) is 6.92 Å². The summed E-state index contributed by atoms with van der Waals surface area (Å²) in [6, 6.07) is 7.47. The molecule has 1 rings (SSSR count). The van der Waals surface area contributed by atoms with Gasteiger partial charge in [0.1, 0.15) is 5.75 Å². The molecule has 0 saturated carbocycles. The molecule has 4 heteroatoms. The standard InChI is InChI=1S/C11H17NO2Si/c1-9(13)12-10-6-5-7-11(8-10)14-15(2,3)4/h5-8H,1-4H3,(H,12,13). The van der Waals surface area contributed by atoms with E-state index in [-0.39, 0.29) is 5.91 Å². The van der Waals surface area contributed by atoms with Crippen LogP contribution in [-0.2, 0) is 4.79 Å². The van der Waals surface area contributed by atoms with Crippen LogP contribution in [0.2, 0.25) is 19.6 Å². The fraction of sp³-hybridized carbons (Fsp3) is 0.364. The van der Waals surface area contributed by atoms with Crippen molar-refractivity contribution < 1.29 is 9.22 Å². The lowest BCUT2D eigenvalue weighted by molar-refractivity contribution is -0.114. The molecule has 3 nitrogen and oxygen atoms in total. The smallest absolute Gasteiger partial charge is 0.242 e. The number of amides is 1. The lowest BCUT2D eigenvalue weighted by Crippen LogP contribution is -2.29. The van der Waals surface area contributed by atoms with Crippen molar-refractivity contribution in [1.29, 1.82) is 0 Å². The van der Waals surface area contributed by atoms with Crippen LogP contribution < -0.4 is 9.74 Å². The van der Waals surface area contributed by atoms with E-state index in [9.17, 15) is 4.79 Å². The summed E-state index contributed by atoms with van der Waals surface area (Å²) in [6.45, 7) is 7.86. The summed E-state index contributed by atoms with van der Waals surface area (Å²) in [6.07, 6.45) is 0. The molecule has 1 aromatic carbocycles. The van der Waals surface area contributed by atoms with E-state index in [1.54, 1.807) is 0 Å². The third kappa shape index (κ3) is 4.65. The highest BCUT2D eigenvalue weighted by atomic mass is 28.4. The van der Waals surface area contributed by atoms with Gasteiger partial charge in [-0.05, 0) is 31.8 Å². The maximum absolute atomic E-state index is 10.9. The second-order valence-electron chi connectivity index (χ2n) is 4.42. The molecule has 0 aliphatic heterocycles. The molecule has 0 atom stereocenters. The normalized spacial score (nSPS) is 10.9. The van der Waals surface area contributed by atoms with Crippen molar-refractivity contribution in [2.75, 3.05) is 5.32 Å². The fourth-order valence-corrected chi connectivity index (χ4v) is 2.03. The Morgan fingerprint density at radius 2 is 2.00 bits per heavy atom. The maximum atomic E-state index is 10.9. The van der Waals surface area contributed by atoms with E-state index < -0.39 is 8.32 Å². The highest BCUT2D eigenvalue weighted by Crippen LogP contribution is 2.20. The van der Waals surface area contributed by atoms with Gasteiger partial charge in [0.15, 0.2) is 0 Å². The average Bonchev–Trinajstić information content (AvgIpc) is 1.99. The Balaban J connectivity index is 2.79. The molecule has 82 valence electrons. The first-order valence-corrected chi connectivity index (χ1v) is 8.34. The van der Waals surface area contributed by atoms with Crippen LogP contribution in [0.1, 0.15) is 6.92 Å². The molecule has 0 aliphatic rings. The van der Waals surface area contributed by atoms with Crippen molar-refractivity contribution in [2.45, 2.75) is 26.6 Å². The zero-order valence-corrected chi connectivity index (χ0v) is 10.6. The molecule has 1 aromatic rings. The molecule has 0 aromatic heterocycles. The first-order chi connectivity index (χ1) is 6.87. The number of benzene rings is 1. The minimum atomic E-state index is -1.57. The van der Waals surface area contributed by atoms with Crippen LogP contribution in [-0.4, -0.2) is 14.2 Å². The van der Waals surface area contributed by atoms with Gasteiger partial charge in [0.05, 0.1) is 0 Å². The number of anilines is 1. The van der Waals surface area contributed by atoms with Gasteiger partial charge in [-0.25, -0.2) is 0 Å². The van der Waals surface area contributed by atoms with Crippen molar-refractivity contribution in [1.82, 2.24) is 0 Å². The summed E-state index contributed by atoms with van der Waals surface area (Å²) in [5.41, 5.74) is 0.776. The first kappa shape index (κ1) is 11.8. The zero-order chi connectivity index (χ0) is 11.5. The summed E-state index contributed by atoms with van der Waals surface area (Å²) in [4.78, 5) is 10.9. The molecule has 0 spiro atoms. The summed E-state index contributed by atoms with van der Waals surface area (Å²) in [5.74, 6) is 0.751. The quantitative estimate of drug-likeness (QED) is 0.800. The van der Waals surface area contributed by atoms with Crippen LogP contribution in [0.3, 0.4) is 0 Å². The number of rotatable bonds is 3. The monoisotopic (exact) mass is 223 g/mol. The molecule has 1 amide bonds. The van der Waals surface area contributed by atoms with Crippen LogP contribution in [0.4, 0.5) is 5.69 Å². The number of carbonyl (C=O) groups is 1. The third-order valence-electron chi connectivity index (χ3n) is 1.58. The van der Waals surface area contributed by atoms with Gasteiger partial charge in [-0.1, -0.05) is 6.07 Å². The van der Waals surface area contributed by atoms with Gasteiger partial charge in [0.25, 0.3) is 0 Å². The average molecular weight is 223 g/mol. The summed E-state index contributed by atoms with van der Waals surface area (Å²) < 4.78 is 5.81. The van der Waals surface area contributed by atoms with E-state index in [2.05, 4.69) is 25.0 Å². The second kappa shape index (κ2) is 4.48. The van der Waals surface area contributed by atoms with Crippen molar-refractivity contribution >= 4 is 19.9 Å². The van der Waals surface area contributed by atoms with Crippen molar-refractivity contribution in [3.8, 4) is 5.75 Å². The van der Waals surface area contributed by atoms with Crippen LogP contribution in [0.15, 0.2) is 24.3 Å². The Bertz CT molecular complexity index is 358. The van der Waals surface area contributed by atoms with Gasteiger partial charge in [-0.15, -0.1) is 0 Å². The molecule has 0 saturated heterocycles. The van der Waals surface area contributed by atoms with Crippen LogP contribution >= 0.6 is 0 Å². The Hall–Kier alpha value is -1.29. The highest BCUT2D eigenvalue weighted by molar-refractivity contribution is 6.70. The van der Waals surface area contributed by atoms with E-state index in [4.69, 9.17) is 4.43 Å². The topological polar surface area (TPSA) is 38.3 Å². The van der Waals surface area contributed by atoms with E-state index in [1.807, 2.05) is 24.3 Å². The Kier molecular flexibility index (Phi) is 3.52. The van der Waals surface area contributed by atoms with Gasteiger partial charge in [0.2, 0.25) is 14.2 Å². The van der Waals surface area contributed by atoms with Crippen LogP contribution in [0, 0.1) is 0 Å². The van der Waals surface area contributed by atoms with Crippen molar-refractivity contribution in [2.24, 2.45) is 0 Å². The third-order valence-corrected chi connectivity index (χ3v) is 2.43. The number of nitrogens with one attached hydrogen (secondary N) is 1. The Labute approximate surface area is 91.6 Å². The molecular weight excluding hydrogens is 206 g/mol. The van der Waals surface area contributed by atoms with Crippen LogP contribution in [0.25, 0.3) is 0 Å². The minimum absolute atomic E-state index is 0.0693. The maximum Gasteiger partial charge on any atom is 0.242 e. The number of hydrogen-bond acceptors (Lipinski definition) is 2. The van der Waals surface area contributed by atoms with Crippen LogP contribution in [0.5, 0.6) is 5.75 Å². The molecule has 15 heavy (non-hydrogen) atoms. The predicted molar refractivity (Wildman–Crippen MR) is 64.7 cm³/mol. The molecule has 0 aliphatic carbocycles. The lowest BCUT2D eigenvalue weighted by atomic mass is 10.3. The van der Waals surface area contributed by atoms with Crippen molar-refractivity contribution in [3.63, 3.8) is 0 Å². The molecule has 0 fully saturated rings. The van der Waals surface area contributed by atoms with E-state index in [0.717, 1.165) is 11.4 Å². The summed E-state index contributed by atoms with van der Waals surface area (Å²) >= 11 is 0. The largest absolute Gasteiger partial charge is 0.544 e. The minimum Gasteiger partial charge on any atom is -0.544 e. The predicted octanol–water partition coefficient (Wildman–Crippen LogP) is 2.86. The molecule has 1 N–H and O–H groups in total. The number of carbonyl (C=O) groups excluding carboxylic acids is 1. The summed E-state index contributed by atoms with van der Waals surface area (Å²) in [7, 11) is -1.57. The van der Waals surface area contributed by atoms with Crippen molar-refractivity contribution in [3.05, 3.63) is 24.3 Å². The fourth-order valence-electron chi connectivity index (χ4n) is 1.19. The Morgan fingerprint density at radius 1 is 1.33 bits per heavy atom. The molecule has 0 unspecified atom stereocenters. The van der Waals surface area contributed by atoms with E-state index >= 15 is 0 Å². The van der Waals surface area contributed by atoms with Gasteiger partial charge in [0, 0.05) is 18.7 Å². The molecular formula is C11H17NO2Si. The van der Waals surface area contributed by atoms with Gasteiger partial charge in [-0.3, -0.25) is 4.79 Å².